The molecule has 0 heterocycles. The minimum Gasteiger partial charge on any atom is -0.325 e. The lowest BCUT2D eigenvalue weighted by atomic mass is 10.4. The number of hydrogen-bond donors (Lipinski definition) is 0. The molecule has 0 rings (SSSR count). The van der Waals surface area contributed by atoms with Crippen molar-refractivity contribution in [2.45, 2.75) is 79.1 Å². The van der Waals surface area contributed by atoms with Crippen LogP contribution in [0.5, 0.6) is 0 Å². The molecule has 21 heavy (non-hydrogen) atoms. The first-order valence-corrected chi connectivity index (χ1v) is 17.1. The molecule has 0 aliphatic carbocycles. The van der Waals surface area contributed by atoms with Crippen LogP contribution in [0.25, 0.3) is 0 Å². The van der Waals surface area contributed by atoms with E-state index in [2.05, 4.69) is 100.0 Å². The predicted octanol–water partition coefficient (Wildman–Crippen LogP) is 4.97. The average Bonchev–Trinajstić information content (AvgIpc) is 2.22. The normalized spacial score (nSPS) is 14.4. The smallest absolute Gasteiger partial charge is 0.244 e. The van der Waals surface area contributed by atoms with Crippen molar-refractivity contribution >= 4 is 24.9 Å². The molecular formula is C16H38N2Si3. The summed E-state index contributed by atoms with van der Waals surface area (Å²) in [6, 6.07) is 1.05. The SMILES string of the molecule is C=C[Si](C=C)(N(C(C)C)[Si](C)(C)C)N(C(C)C)[Si](C)(C)C. The molecule has 124 valence electrons. The van der Waals surface area contributed by atoms with Crippen LogP contribution in [0.1, 0.15) is 27.7 Å². The van der Waals surface area contributed by atoms with Crippen molar-refractivity contribution < 1.29 is 0 Å². The highest BCUT2D eigenvalue weighted by molar-refractivity contribution is 7.01. The molecule has 0 aromatic carbocycles. The van der Waals surface area contributed by atoms with E-state index in [1.54, 1.807) is 0 Å². The fourth-order valence-electron chi connectivity index (χ4n) is 4.04. The van der Waals surface area contributed by atoms with Crippen molar-refractivity contribution in [3.05, 3.63) is 24.6 Å². The fraction of sp³-hybridized carbons (Fsp3) is 0.750. The molecule has 0 atom stereocenters. The molecule has 5 heteroatoms. The van der Waals surface area contributed by atoms with Crippen molar-refractivity contribution in [1.82, 2.24) is 8.46 Å². The molecule has 0 bridgehead atoms. The van der Waals surface area contributed by atoms with Crippen LogP contribution in [0.4, 0.5) is 0 Å². The first kappa shape index (κ1) is 21.1. The van der Waals surface area contributed by atoms with Gasteiger partial charge in [0.25, 0.3) is 0 Å². The largest absolute Gasteiger partial charge is 0.325 e. The van der Waals surface area contributed by atoms with Gasteiger partial charge in [0.05, 0.1) is 0 Å². The second-order valence-corrected chi connectivity index (χ2v) is 22.3. The van der Waals surface area contributed by atoms with Gasteiger partial charge in [0, 0.05) is 0 Å². The molecule has 0 aromatic rings. The topological polar surface area (TPSA) is 6.48 Å². The molecule has 0 saturated carbocycles. The molecule has 0 saturated heterocycles. The van der Waals surface area contributed by atoms with Crippen LogP contribution in [0.3, 0.4) is 0 Å². The summed E-state index contributed by atoms with van der Waals surface area (Å²) in [6.45, 7) is 32.6. The number of nitrogens with zero attached hydrogens (tertiary/aromatic N) is 2. The monoisotopic (exact) mass is 342 g/mol. The maximum Gasteiger partial charge on any atom is 0.244 e. The van der Waals surface area contributed by atoms with E-state index in [-0.39, 0.29) is 0 Å². The quantitative estimate of drug-likeness (QED) is 0.575. The summed E-state index contributed by atoms with van der Waals surface area (Å²) in [5, 5.41) is 0. The number of rotatable bonds is 8. The standard InChI is InChI=1S/C16H38N2Si3/c1-13-21(14-2,17(15(3)4)19(7,8)9)18(16(5)6)20(10,11)12/h13-16H,1-2H2,3-12H3. The van der Waals surface area contributed by atoms with Crippen LogP contribution in [0, 0.1) is 0 Å². The first-order chi connectivity index (χ1) is 9.25. The van der Waals surface area contributed by atoms with E-state index < -0.39 is 24.9 Å². The molecule has 0 N–H and O–H groups in total. The Morgan fingerprint density at radius 2 is 0.905 bits per heavy atom. The second-order valence-electron chi connectivity index (χ2n) is 8.46. The highest BCUT2D eigenvalue weighted by atomic mass is 28.4. The Kier molecular flexibility index (Phi) is 7.10. The van der Waals surface area contributed by atoms with E-state index >= 15 is 0 Å². The van der Waals surface area contributed by atoms with Gasteiger partial charge in [-0.25, -0.2) is 0 Å². The maximum atomic E-state index is 4.29. The molecule has 0 radical (unpaired) electrons. The van der Waals surface area contributed by atoms with Crippen molar-refractivity contribution in [3.8, 4) is 0 Å². The summed E-state index contributed by atoms with van der Waals surface area (Å²) >= 11 is 0. The molecule has 0 aliphatic rings. The van der Waals surface area contributed by atoms with Gasteiger partial charge in [0.1, 0.15) is 16.5 Å². The van der Waals surface area contributed by atoms with Gasteiger partial charge in [-0.15, -0.1) is 13.2 Å². The van der Waals surface area contributed by atoms with Crippen LogP contribution >= 0.6 is 0 Å². The lowest BCUT2D eigenvalue weighted by molar-refractivity contribution is 0.422. The van der Waals surface area contributed by atoms with E-state index in [0.717, 1.165) is 0 Å². The molecule has 0 aliphatic heterocycles. The third kappa shape index (κ3) is 4.51. The van der Waals surface area contributed by atoms with Gasteiger partial charge >= 0.3 is 0 Å². The minimum absolute atomic E-state index is 0.525. The minimum atomic E-state index is -2.08. The summed E-state index contributed by atoms with van der Waals surface area (Å²) in [6.07, 6.45) is 0. The van der Waals surface area contributed by atoms with Crippen LogP contribution in [-0.2, 0) is 0 Å². The van der Waals surface area contributed by atoms with Gasteiger partial charge in [-0.1, -0.05) is 78.4 Å². The van der Waals surface area contributed by atoms with Crippen molar-refractivity contribution in [1.29, 1.82) is 0 Å². The zero-order valence-electron chi connectivity index (χ0n) is 16.1. The Morgan fingerprint density at radius 3 is 1.00 bits per heavy atom. The van der Waals surface area contributed by atoms with Gasteiger partial charge < -0.3 is 8.46 Å². The van der Waals surface area contributed by atoms with E-state index in [0.29, 0.717) is 12.1 Å². The van der Waals surface area contributed by atoms with Crippen LogP contribution < -0.4 is 0 Å². The number of hydrogen-bond acceptors (Lipinski definition) is 2. The van der Waals surface area contributed by atoms with Crippen molar-refractivity contribution in [2.24, 2.45) is 0 Å². The van der Waals surface area contributed by atoms with E-state index in [9.17, 15) is 0 Å². The summed E-state index contributed by atoms with van der Waals surface area (Å²) in [7, 11) is -5.04. The molecule has 0 aromatic heterocycles. The summed E-state index contributed by atoms with van der Waals surface area (Å²) in [5.74, 6) is 0. The fourth-order valence-corrected chi connectivity index (χ4v) is 20.6. The zero-order chi connectivity index (χ0) is 17.2. The average molecular weight is 343 g/mol. The Labute approximate surface area is 137 Å². The Bertz CT molecular complexity index is 329. The van der Waals surface area contributed by atoms with Gasteiger partial charge in [-0.3, -0.25) is 0 Å². The Morgan fingerprint density at radius 1 is 0.667 bits per heavy atom. The summed E-state index contributed by atoms with van der Waals surface area (Å²) < 4.78 is 5.64. The third-order valence-corrected chi connectivity index (χ3v) is 17.7. The summed E-state index contributed by atoms with van der Waals surface area (Å²) in [5.41, 5.74) is 4.52. The lowest BCUT2D eigenvalue weighted by Crippen LogP contribution is -2.77. The van der Waals surface area contributed by atoms with Crippen LogP contribution in [-0.4, -0.2) is 45.4 Å². The predicted molar refractivity (Wildman–Crippen MR) is 107 cm³/mol. The molecular weight excluding hydrogens is 304 g/mol. The summed E-state index contributed by atoms with van der Waals surface area (Å²) in [4.78, 5) is 0. The molecule has 0 amide bonds. The second kappa shape index (κ2) is 7.08. The first-order valence-electron chi connectivity index (χ1n) is 8.11. The van der Waals surface area contributed by atoms with E-state index in [1.807, 2.05) is 0 Å². The maximum absolute atomic E-state index is 4.29. The van der Waals surface area contributed by atoms with Gasteiger partial charge in [0.15, 0.2) is 0 Å². The zero-order valence-corrected chi connectivity index (χ0v) is 19.1. The van der Waals surface area contributed by atoms with E-state index in [4.69, 9.17) is 0 Å². The molecule has 0 unspecified atom stereocenters. The van der Waals surface area contributed by atoms with Gasteiger partial charge in [-0.05, 0) is 12.1 Å². The molecule has 0 fully saturated rings. The highest BCUT2D eigenvalue weighted by Gasteiger charge is 2.51. The van der Waals surface area contributed by atoms with Gasteiger partial charge in [-0.2, -0.15) is 0 Å². The van der Waals surface area contributed by atoms with Gasteiger partial charge in [0.2, 0.25) is 8.40 Å². The third-order valence-electron chi connectivity index (χ3n) is 3.85. The van der Waals surface area contributed by atoms with Crippen LogP contribution in [0.2, 0.25) is 39.3 Å². The van der Waals surface area contributed by atoms with E-state index in [1.165, 1.54) is 0 Å². The van der Waals surface area contributed by atoms with Crippen LogP contribution in [0.15, 0.2) is 24.6 Å². The lowest BCUT2D eigenvalue weighted by Gasteiger charge is -2.58. The Hall–Kier alpha value is 0.0506. The molecule has 2 nitrogen and oxygen atoms in total. The van der Waals surface area contributed by atoms with Crippen molar-refractivity contribution in [3.63, 3.8) is 0 Å². The highest BCUT2D eigenvalue weighted by Crippen LogP contribution is 2.32. The molecule has 0 spiro atoms. The van der Waals surface area contributed by atoms with Crippen molar-refractivity contribution in [2.75, 3.05) is 0 Å². The Balaban J connectivity index is 6.37.